The quantitative estimate of drug-likeness (QED) is 0.406. The maximum absolute atomic E-state index is 12.5. The molecule has 3 heteroatoms. The van der Waals surface area contributed by atoms with Crippen molar-refractivity contribution in [3.8, 4) is 5.75 Å². The van der Waals surface area contributed by atoms with Gasteiger partial charge in [0.05, 0.1) is 5.69 Å². The van der Waals surface area contributed by atoms with Crippen LogP contribution in [-0.2, 0) is 0 Å². The molecule has 0 radical (unpaired) electrons. The molecule has 0 amide bonds. The van der Waals surface area contributed by atoms with Crippen LogP contribution in [0.3, 0.4) is 0 Å². The topological polar surface area (TPSA) is 49.3 Å². The lowest BCUT2D eigenvalue weighted by molar-refractivity contribution is 0.104. The lowest BCUT2D eigenvalue weighted by Crippen LogP contribution is -2.03. The first kappa shape index (κ1) is 15.6. The van der Waals surface area contributed by atoms with Gasteiger partial charge in [0, 0.05) is 17.3 Å². The van der Waals surface area contributed by atoms with Gasteiger partial charge in [-0.2, -0.15) is 0 Å². The Morgan fingerprint density at radius 1 is 0.750 bits per heavy atom. The molecule has 0 saturated carbocycles. The van der Waals surface area contributed by atoms with Gasteiger partial charge in [-0.25, -0.2) is 0 Å². The molecule has 24 heavy (non-hydrogen) atoms. The van der Waals surface area contributed by atoms with Crippen molar-refractivity contribution in [2.24, 2.45) is 0 Å². The molecule has 118 valence electrons. The standard InChI is InChI=1S/C21H17NO2/c23-20-14-8-7-13-18(20)22-19(16-9-3-1-4-10-16)15-21(24)17-11-5-2-6-12-17/h1-15,22-23H/b19-15-. The van der Waals surface area contributed by atoms with Crippen LogP contribution in [0.1, 0.15) is 15.9 Å². The van der Waals surface area contributed by atoms with Gasteiger partial charge in [0.15, 0.2) is 5.78 Å². The highest BCUT2D eigenvalue weighted by Crippen LogP contribution is 2.26. The molecule has 0 aliphatic carbocycles. The molecule has 3 aromatic carbocycles. The maximum atomic E-state index is 12.5. The molecule has 3 rings (SSSR count). The second kappa shape index (κ2) is 7.29. The average Bonchev–Trinajstić information content (AvgIpc) is 2.64. The van der Waals surface area contributed by atoms with Crippen LogP contribution in [-0.4, -0.2) is 10.9 Å². The van der Waals surface area contributed by atoms with E-state index in [4.69, 9.17) is 0 Å². The van der Waals surface area contributed by atoms with Crippen LogP contribution < -0.4 is 5.32 Å². The smallest absolute Gasteiger partial charge is 0.187 e. The number of para-hydroxylation sites is 2. The number of carbonyl (C=O) groups excluding carboxylic acids is 1. The molecule has 0 fully saturated rings. The predicted octanol–water partition coefficient (Wildman–Crippen LogP) is 4.73. The van der Waals surface area contributed by atoms with Crippen molar-refractivity contribution in [1.29, 1.82) is 0 Å². The Balaban J connectivity index is 1.98. The van der Waals surface area contributed by atoms with E-state index in [1.165, 1.54) is 0 Å². The lowest BCUT2D eigenvalue weighted by atomic mass is 10.1. The van der Waals surface area contributed by atoms with Crippen LogP contribution in [0.5, 0.6) is 5.75 Å². The third-order valence-corrected chi connectivity index (χ3v) is 3.59. The van der Waals surface area contributed by atoms with Gasteiger partial charge < -0.3 is 10.4 Å². The van der Waals surface area contributed by atoms with Gasteiger partial charge in [-0.05, 0) is 17.7 Å². The summed E-state index contributed by atoms with van der Waals surface area (Å²) < 4.78 is 0. The third kappa shape index (κ3) is 3.70. The highest BCUT2D eigenvalue weighted by molar-refractivity contribution is 6.09. The number of aromatic hydroxyl groups is 1. The van der Waals surface area contributed by atoms with Gasteiger partial charge >= 0.3 is 0 Å². The number of rotatable bonds is 5. The predicted molar refractivity (Wildman–Crippen MR) is 96.9 cm³/mol. The summed E-state index contributed by atoms with van der Waals surface area (Å²) in [5.74, 6) is 0.0314. The Morgan fingerprint density at radius 3 is 1.92 bits per heavy atom. The van der Waals surface area contributed by atoms with Crippen LogP contribution in [0.4, 0.5) is 5.69 Å². The fourth-order valence-electron chi connectivity index (χ4n) is 2.35. The second-order valence-electron chi connectivity index (χ2n) is 5.30. The summed E-state index contributed by atoms with van der Waals surface area (Å²) in [5, 5.41) is 13.1. The highest BCUT2D eigenvalue weighted by atomic mass is 16.3. The van der Waals surface area contributed by atoms with Crippen molar-refractivity contribution in [3.63, 3.8) is 0 Å². The number of benzene rings is 3. The molecule has 3 aromatic rings. The summed E-state index contributed by atoms with van der Waals surface area (Å²) in [6.07, 6.45) is 1.55. The van der Waals surface area contributed by atoms with Gasteiger partial charge in [-0.1, -0.05) is 72.8 Å². The Hall–Kier alpha value is -3.33. The number of anilines is 1. The van der Waals surface area contributed by atoms with Crippen molar-refractivity contribution in [1.82, 2.24) is 0 Å². The minimum Gasteiger partial charge on any atom is -0.506 e. The van der Waals surface area contributed by atoms with Gasteiger partial charge in [0.2, 0.25) is 0 Å². The largest absolute Gasteiger partial charge is 0.506 e. The summed E-state index contributed by atoms with van der Waals surface area (Å²) in [4.78, 5) is 12.5. The highest BCUT2D eigenvalue weighted by Gasteiger charge is 2.09. The van der Waals surface area contributed by atoms with E-state index in [0.717, 1.165) is 5.56 Å². The number of ketones is 1. The Bertz CT molecular complexity index is 855. The number of hydrogen-bond acceptors (Lipinski definition) is 3. The van der Waals surface area contributed by atoms with E-state index in [1.807, 2.05) is 54.6 Å². The molecular weight excluding hydrogens is 298 g/mol. The first-order chi connectivity index (χ1) is 11.7. The lowest BCUT2D eigenvalue weighted by Gasteiger charge is -2.12. The van der Waals surface area contributed by atoms with Crippen molar-refractivity contribution >= 4 is 17.2 Å². The molecule has 0 aromatic heterocycles. The Labute approximate surface area is 140 Å². The zero-order chi connectivity index (χ0) is 16.8. The summed E-state index contributed by atoms with van der Waals surface area (Å²) in [7, 11) is 0. The van der Waals surface area contributed by atoms with Gasteiger partial charge in [-0.15, -0.1) is 0 Å². The van der Waals surface area contributed by atoms with E-state index in [0.29, 0.717) is 16.9 Å². The molecule has 3 nitrogen and oxygen atoms in total. The van der Waals surface area contributed by atoms with Crippen LogP contribution in [0.25, 0.3) is 5.70 Å². The van der Waals surface area contributed by atoms with Crippen LogP contribution >= 0.6 is 0 Å². The third-order valence-electron chi connectivity index (χ3n) is 3.59. The van der Waals surface area contributed by atoms with E-state index in [2.05, 4.69) is 5.32 Å². The van der Waals surface area contributed by atoms with E-state index in [9.17, 15) is 9.90 Å². The van der Waals surface area contributed by atoms with Crippen molar-refractivity contribution < 1.29 is 9.90 Å². The minimum atomic E-state index is -0.0997. The maximum Gasteiger partial charge on any atom is 0.187 e. The number of phenols is 1. The molecule has 0 aliphatic rings. The number of hydrogen-bond donors (Lipinski definition) is 2. The normalized spacial score (nSPS) is 11.1. The molecule has 0 atom stereocenters. The average molecular weight is 315 g/mol. The summed E-state index contributed by atoms with van der Waals surface area (Å²) in [6, 6.07) is 25.6. The fourth-order valence-corrected chi connectivity index (χ4v) is 2.35. The summed E-state index contributed by atoms with van der Waals surface area (Å²) >= 11 is 0. The van der Waals surface area contributed by atoms with Crippen LogP contribution in [0.15, 0.2) is 91.0 Å². The van der Waals surface area contributed by atoms with Crippen molar-refractivity contribution in [3.05, 3.63) is 102 Å². The monoisotopic (exact) mass is 315 g/mol. The Kier molecular flexibility index (Phi) is 4.73. The molecule has 2 N–H and O–H groups in total. The van der Waals surface area contributed by atoms with E-state index >= 15 is 0 Å². The van der Waals surface area contributed by atoms with Crippen molar-refractivity contribution in [2.75, 3.05) is 5.32 Å². The number of carbonyl (C=O) groups is 1. The molecule has 0 saturated heterocycles. The molecular formula is C21H17NO2. The molecule has 0 bridgehead atoms. The molecule has 0 unspecified atom stereocenters. The van der Waals surface area contributed by atoms with Crippen LogP contribution in [0.2, 0.25) is 0 Å². The van der Waals surface area contributed by atoms with E-state index in [-0.39, 0.29) is 11.5 Å². The van der Waals surface area contributed by atoms with Crippen molar-refractivity contribution in [2.45, 2.75) is 0 Å². The number of nitrogens with one attached hydrogen (secondary N) is 1. The van der Waals surface area contributed by atoms with Gasteiger partial charge in [0.1, 0.15) is 5.75 Å². The zero-order valence-corrected chi connectivity index (χ0v) is 13.0. The number of phenolic OH excluding ortho intramolecular Hbond substituents is 1. The second-order valence-corrected chi connectivity index (χ2v) is 5.30. The van der Waals surface area contributed by atoms with E-state index in [1.54, 1.807) is 36.4 Å². The summed E-state index contributed by atoms with van der Waals surface area (Å²) in [5.41, 5.74) is 2.66. The van der Waals surface area contributed by atoms with E-state index < -0.39 is 0 Å². The Morgan fingerprint density at radius 2 is 1.29 bits per heavy atom. The summed E-state index contributed by atoms with van der Waals surface area (Å²) in [6.45, 7) is 0. The van der Waals surface area contributed by atoms with Gasteiger partial charge in [0.25, 0.3) is 0 Å². The SMILES string of the molecule is O=C(/C=C(\Nc1ccccc1O)c1ccccc1)c1ccccc1. The fraction of sp³-hybridized carbons (Fsp3) is 0. The number of allylic oxidation sites excluding steroid dienone is 1. The first-order valence-corrected chi connectivity index (χ1v) is 7.65. The van der Waals surface area contributed by atoms with Gasteiger partial charge in [-0.3, -0.25) is 4.79 Å². The molecule has 0 aliphatic heterocycles. The molecule has 0 spiro atoms. The molecule has 0 heterocycles. The zero-order valence-electron chi connectivity index (χ0n) is 13.0. The van der Waals surface area contributed by atoms with Crippen LogP contribution in [0, 0.1) is 0 Å². The minimum absolute atomic E-state index is 0.0997. The first-order valence-electron chi connectivity index (χ1n) is 7.65.